The molecule has 1 aromatic carbocycles. The molecule has 40 heavy (non-hydrogen) atoms. The number of fused-ring (bicyclic) bond motifs is 1. The average Bonchev–Trinajstić information content (AvgIpc) is 3.44. The zero-order valence-corrected chi connectivity index (χ0v) is 24.3. The van der Waals surface area contributed by atoms with Crippen LogP contribution in [0.1, 0.15) is 37.4 Å². The number of hydrogen-bond donors (Lipinski definition) is 2. The van der Waals surface area contributed by atoms with Gasteiger partial charge in [0.2, 0.25) is 5.91 Å². The first kappa shape index (κ1) is 30.1. The van der Waals surface area contributed by atoms with Crippen molar-refractivity contribution in [3.63, 3.8) is 0 Å². The van der Waals surface area contributed by atoms with E-state index in [4.69, 9.17) is 4.74 Å². The third kappa shape index (κ3) is 6.20. The molecule has 1 aromatic rings. The number of carbonyl (C=O) groups is 2. The number of likely N-dealkylation sites (tertiary alicyclic amines) is 1. The van der Waals surface area contributed by atoms with Crippen molar-refractivity contribution in [1.29, 1.82) is 0 Å². The summed E-state index contributed by atoms with van der Waals surface area (Å²) in [5, 5.41) is 13.8. The van der Waals surface area contributed by atoms with Crippen molar-refractivity contribution in [2.45, 2.75) is 43.7 Å². The first-order valence-electron chi connectivity index (χ1n) is 13.9. The minimum Gasteiger partial charge on any atom is -0.457 e. The third-order valence-electron chi connectivity index (χ3n) is 7.84. The van der Waals surface area contributed by atoms with E-state index in [1.54, 1.807) is 23.6 Å². The van der Waals surface area contributed by atoms with Crippen molar-refractivity contribution in [3.8, 4) is 0 Å². The first-order valence-corrected chi connectivity index (χ1v) is 14.8. The fourth-order valence-corrected chi connectivity index (χ4v) is 7.56. The van der Waals surface area contributed by atoms with E-state index in [-0.39, 0.29) is 35.8 Å². The fraction of sp³-hybridized carbons (Fsp3) is 0.438. The Morgan fingerprint density at radius 1 is 1.20 bits per heavy atom. The van der Waals surface area contributed by atoms with Gasteiger partial charge in [0.1, 0.15) is 12.3 Å². The highest BCUT2D eigenvalue weighted by molar-refractivity contribution is 8.03. The molecule has 0 radical (unpaired) electrons. The van der Waals surface area contributed by atoms with Crippen molar-refractivity contribution >= 4 is 29.7 Å². The van der Waals surface area contributed by atoms with Crippen LogP contribution in [0.25, 0.3) is 6.08 Å². The Hall–Kier alpha value is -2.91. The molecule has 0 bridgehead atoms. The summed E-state index contributed by atoms with van der Waals surface area (Å²) < 4.78 is 5.40. The fourth-order valence-electron chi connectivity index (χ4n) is 6.01. The minimum absolute atomic E-state index is 0.0625. The van der Waals surface area contributed by atoms with Crippen LogP contribution in [0, 0.1) is 11.8 Å². The lowest BCUT2D eigenvalue weighted by Gasteiger charge is -2.46. The SMILES string of the molecule is C=CCNC/C=C/c1ccc([C@H]2C[C@H](SC3=C(C(=O)OCC=C)N4C(=O)[C@H]([C@@H](C)O)[C@H]4[C@H]3C)CN2CC=C)cc1. The van der Waals surface area contributed by atoms with Gasteiger partial charge in [0.25, 0.3) is 0 Å². The van der Waals surface area contributed by atoms with Crippen LogP contribution < -0.4 is 5.32 Å². The number of aliphatic hydroxyl groups is 1. The summed E-state index contributed by atoms with van der Waals surface area (Å²) in [4.78, 5) is 31.0. The molecule has 2 fully saturated rings. The second-order valence-electron chi connectivity index (χ2n) is 10.6. The summed E-state index contributed by atoms with van der Waals surface area (Å²) in [6.07, 6.45) is 9.65. The van der Waals surface area contributed by atoms with Gasteiger partial charge in [-0.05, 0) is 24.5 Å². The molecule has 2 N–H and O–H groups in total. The molecule has 0 spiro atoms. The standard InChI is InChI=1S/C32H41N3O4S/c1-6-15-33-16-9-10-23-11-13-24(14-12-23)26-19-25(20-34(26)17-7-2)40-30-21(4)28-27(22(5)36)31(37)35(28)29(30)32(38)39-18-8-3/h6-14,21-22,25-28,33,36H,1-3,15-20H2,4-5H3/b10-9+/t21-,22-,25+,26-,27-,28-/m1/s1. The molecular formula is C32H41N3O4S. The summed E-state index contributed by atoms with van der Waals surface area (Å²) in [6.45, 7) is 18.3. The average molecular weight is 564 g/mol. The van der Waals surface area contributed by atoms with E-state index in [9.17, 15) is 14.7 Å². The zero-order chi connectivity index (χ0) is 28.8. The quantitative estimate of drug-likeness (QED) is 0.151. The Morgan fingerprint density at radius 2 is 1.95 bits per heavy atom. The predicted octanol–water partition coefficient (Wildman–Crippen LogP) is 4.31. The molecule has 3 heterocycles. The van der Waals surface area contributed by atoms with Crippen molar-refractivity contribution in [2.75, 3.05) is 32.8 Å². The van der Waals surface area contributed by atoms with Crippen LogP contribution >= 0.6 is 11.8 Å². The number of amides is 1. The lowest BCUT2D eigenvalue weighted by molar-refractivity contribution is -0.164. The normalized spacial score (nSPS) is 27.0. The van der Waals surface area contributed by atoms with Gasteiger partial charge >= 0.3 is 5.97 Å². The second-order valence-corrected chi connectivity index (χ2v) is 11.9. The zero-order valence-electron chi connectivity index (χ0n) is 23.5. The van der Waals surface area contributed by atoms with E-state index in [1.807, 2.05) is 19.1 Å². The number of aliphatic hydroxyl groups excluding tert-OH is 1. The highest BCUT2D eigenvalue weighted by Crippen LogP contribution is 2.53. The molecule has 3 aliphatic heterocycles. The molecule has 0 aliphatic carbocycles. The van der Waals surface area contributed by atoms with Gasteiger partial charge in [0, 0.05) is 48.3 Å². The number of rotatable bonds is 14. The van der Waals surface area contributed by atoms with Crippen LogP contribution in [0.2, 0.25) is 0 Å². The van der Waals surface area contributed by atoms with Gasteiger partial charge in [-0.2, -0.15) is 0 Å². The first-order chi connectivity index (χ1) is 19.3. The number of thioether (sulfide) groups is 1. The van der Waals surface area contributed by atoms with Gasteiger partial charge in [-0.3, -0.25) is 9.69 Å². The monoisotopic (exact) mass is 563 g/mol. The molecule has 7 nitrogen and oxygen atoms in total. The van der Waals surface area contributed by atoms with E-state index >= 15 is 0 Å². The maximum Gasteiger partial charge on any atom is 0.356 e. The number of β-lactam (4-membered cyclic amide) rings is 1. The molecule has 6 atom stereocenters. The number of nitrogens with one attached hydrogen (secondary N) is 1. The summed E-state index contributed by atoms with van der Waals surface area (Å²) in [5.41, 5.74) is 2.74. The maximum absolute atomic E-state index is 13.1. The number of hydrogen-bond acceptors (Lipinski definition) is 7. The van der Waals surface area contributed by atoms with Crippen LogP contribution in [0.3, 0.4) is 0 Å². The Kier molecular flexibility index (Phi) is 10.2. The summed E-state index contributed by atoms with van der Waals surface area (Å²) in [6, 6.07) is 8.67. The molecular weight excluding hydrogens is 522 g/mol. The highest BCUT2D eigenvalue weighted by atomic mass is 32.2. The third-order valence-corrected chi connectivity index (χ3v) is 9.33. The Morgan fingerprint density at radius 3 is 2.60 bits per heavy atom. The van der Waals surface area contributed by atoms with Crippen LogP contribution in [0.5, 0.6) is 0 Å². The van der Waals surface area contributed by atoms with E-state index < -0.39 is 18.0 Å². The van der Waals surface area contributed by atoms with Crippen LogP contribution in [0.15, 0.2) is 78.9 Å². The van der Waals surface area contributed by atoms with E-state index in [2.05, 4.69) is 66.4 Å². The Labute approximate surface area is 242 Å². The molecule has 3 aliphatic rings. The summed E-state index contributed by atoms with van der Waals surface area (Å²) in [7, 11) is 0. The van der Waals surface area contributed by atoms with Gasteiger partial charge in [-0.25, -0.2) is 4.79 Å². The van der Waals surface area contributed by atoms with Crippen molar-refractivity contribution in [2.24, 2.45) is 11.8 Å². The van der Waals surface area contributed by atoms with E-state index in [0.717, 1.165) is 43.1 Å². The smallest absolute Gasteiger partial charge is 0.356 e. The van der Waals surface area contributed by atoms with Crippen LogP contribution in [-0.2, 0) is 14.3 Å². The van der Waals surface area contributed by atoms with Crippen LogP contribution in [-0.4, -0.2) is 77.0 Å². The van der Waals surface area contributed by atoms with Crippen molar-refractivity contribution in [3.05, 3.63) is 90.0 Å². The van der Waals surface area contributed by atoms with Crippen molar-refractivity contribution < 1.29 is 19.4 Å². The van der Waals surface area contributed by atoms with Crippen LogP contribution in [0.4, 0.5) is 0 Å². The second kappa shape index (κ2) is 13.6. The molecule has 8 heteroatoms. The number of benzene rings is 1. The molecule has 0 saturated carbocycles. The maximum atomic E-state index is 13.1. The minimum atomic E-state index is -0.772. The summed E-state index contributed by atoms with van der Waals surface area (Å²) >= 11 is 1.68. The van der Waals surface area contributed by atoms with E-state index in [1.165, 1.54) is 11.6 Å². The molecule has 0 aromatic heterocycles. The van der Waals surface area contributed by atoms with Gasteiger partial charge in [-0.15, -0.1) is 24.9 Å². The highest BCUT2D eigenvalue weighted by Gasteiger charge is 2.60. The predicted molar refractivity (Wildman–Crippen MR) is 162 cm³/mol. The number of esters is 1. The Bertz CT molecular complexity index is 1180. The number of nitrogens with zero attached hydrogens (tertiary/aromatic N) is 2. The molecule has 214 valence electrons. The number of ether oxygens (including phenoxy) is 1. The number of carbonyl (C=O) groups excluding carboxylic acids is 2. The van der Waals surface area contributed by atoms with Gasteiger partial charge in [0.05, 0.1) is 18.1 Å². The molecule has 1 amide bonds. The largest absolute Gasteiger partial charge is 0.457 e. The molecule has 0 unspecified atom stereocenters. The molecule has 2 saturated heterocycles. The van der Waals surface area contributed by atoms with Gasteiger partial charge in [-0.1, -0.05) is 68.1 Å². The topological polar surface area (TPSA) is 82.1 Å². The van der Waals surface area contributed by atoms with Gasteiger partial charge in [0.15, 0.2) is 0 Å². The van der Waals surface area contributed by atoms with E-state index in [0.29, 0.717) is 5.70 Å². The summed E-state index contributed by atoms with van der Waals surface area (Å²) in [5.74, 6) is -1.28. The lowest BCUT2D eigenvalue weighted by Crippen LogP contribution is -2.63. The molecule has 4 rings (SSSR count). The lowest BCUT2D eigenvalue weighted by atomic mass is 9.79. The van der Waals surface area contributed by atoms with Crippen molar-refractivity contribution in [1.82, 2.24) is 15.1 Å². The van der Waals surface area contributed by atoms with Gasteiger partial charge < -0.3 is 20.1 Å². The Balaban J connectivity index is 1.52.